The Bertz CT molecular complexity index is 1280. The molecular weight excluding hydrogens is 528 g/mol. The minimum atomic E-state index is -1.29. The zero-order valence-electron chi connectivity index (χ0n) is 22.0. The molecular formula is C27H31F2N5O6. The molecule has 2 aromatic carbocycles. The molecule has 0 aliphatic carbocycles. The molecule has 11 nitrogen and oxygen atoms in total. The fraction of sp³-hybridized carbons (Fsp3) is 0.407. The van der Waals surface area contributed by atoms with E-state index in [0.717, 1.165) is 18.2 Å². The smallest absolute Gasteiger partial charge is 0.407 e. The highest BCUT2D eigenvalue weighted by Crippen LogP contribution is 2.38. The molecule has 2 heterocycles. The van der Waals surface area contributed by atoms with Gasteiger partial charge in [0.2, 0.25) is 5.91 Å². The minimum absolute atomic E-state index is 0.00777. The number of alkyl carbamates (subject to hydrolysis) is 1. The summed E-state index contributed by atoms with van der Waals surface area (Å²) in [4.78, 5) is 53.5. The van der Waals surface area contributed by atoms with E-state index in [9.17, 15) is 28.0 Å². The monoisotopic (exact) mass is 559 g/mol. The first-order valence-corrected chi connectivity index (χ1v) is 12.8. The summed E-state index contributed by atoms with van der Waals surface area (Å²) in [6.07, 6.45) is -1.13. The van der Waals surface area contributed by atoms with Crippen LogP contribution in [0.4, 0.5) is 25.0 Å². The lowest BCUT2D eigenvalue weighted by Crippen LogP contribution is -2.55. The molecule has 0 aromatic heterocycles. The number of nitrogens with one attached hydrogen (secondary N) is 3. The number of para-hydroxylation sites is 1. The fourth-order valence-electron chi connectivity index (χ4n) is 4.90. The van der Waals surface area contributed by atoms with Crippen LogP contribution in [0.25, 0.3) is 0 Å². The van der Waals surface area contributed by atoms with Crippen molar-refractivity contribution in [3.05, 3.63) is 59.2 Å². The number of ether oxygens (including phenoxy) is 2. The quantitative estimate of drug-likeness (QED) is 0.380. The molecule has 0 radical (unpaired) electrons. The lowest BCUT2D eigenvalue weighted by Gasteiger charge is -2.35. The average molecular weight is 560 g/mol. The Morgan fingerprint density at radius 1 is 1.10 bits per heavy atom. The molecule has 2 aliphatic rings. The number of nitrogens with zero attached hydrogens (tertiary/aromatic N) is 1. The molecule has 1 fully saturated rings. The van der Waals surface area contributed by atoms with Crippen LogP contribution in [0, 0.1) is 17.6 Å². The summed E-state index contributed by atoms with van der Waals surface area (Å²) in [6.45, 7) is 2.08. The SMILES string of the molecule is CNC(=O)O[C@@H](C)C(=O)N[C@H](C(=O)N1Cc2ccc(N)cc2[C@H]1C(=O)Nc1c(F)cccc1F)C1CCOCC1. The van der Waals surface area contributed by atoms with Crippen LogP contribution in [0.3, 0.4) is 0 Å². The molecule has 4 rings (SSSR count). The van der Waals surface area contributed by atoms with Crippen LogP contribution in [0.15, 0.2) is 36.4 Å². The van der Waals surface area contributed by atoms with Crippen LogP contribution in [-0.4, -0.2) is 61.1 Å². The van der Waals surface area contributed by atoms with Crippen molar-refractivity contribution in [2.24, 2.45) is 5.92 Å². The second-order valence-electron chi connectivity index (χ2n) is 9.65. The number of hydrogen-bond acceptors (Lipinski definition) is 7. The van der Waals surface area contributed by atoms with Gasteiger partial charge in [0.05, 0.1) is 0 Å². The summed E-state index contributed by atoms with van der Waals surface area (Å²) >= 11 is 0. The summed E-state index contributed by atoms with van der Waals surface area (Å²) in [6, 6.07) is 5.60. The molecule has 214 valence electrons. The third-order valence-electron chi connectivity index (χ3n) is 7.02. The van der Waals surface area contributed by atoms with Gasteiger partial charge in [-0.25, -0.2) is 13.6 Å². The number of amides is 4. The molecule has 0 spiro atoms. The zero-order chi connectivity index (χ0) is 29.0. The first kappa shape index (κ1) is 28.7. The van der Waals surface area contributed by atoms with E-state index in [1.807, 2.05) is 0 Å². The number of rotatable bonds is 7. The molecule has 3 atom stereocenters. The van der Waals surface area contributed by atoms with Crippen molar-refractivity contribution in [1.82, 2.24) is 15.5 Å². The van der Waals surface area contributed by atoms with Gasteiger partial charge >= 0.3 is 6.09 Å². The summed E-state index contributed by atoms with van der Waals surface area (Å²) in [5.74, 6) is -4.45. The minimum Gasteiger partial charge on any atom is -0.436 e. The van der Waals surface area contributed by atoms with Gasteiger partial charge in [-0.05, 0) is 61.1 Å². The molecule has 0 saturated carbocycles. The van der Waals surface area contributed by atoms with E-state index in [0.29, 0.717) is 42.9 Å². The van der Waals surface area contributed by atoms with Gasteiger partial charge in [0.15, 0.2) is 6.10 Å². The van der Waals surface area contributed by atoms with Gasteiger partial charge in [-0.2, -0.15) is 0 Å². The van der Waals surface area contributed by atoms with Crippen molar-refractivity contribution in [2.75, 3.05) is 31.3 Å². The summed E-state index contributed by atoms with van der Waals surface area (Å²) in [7, 11) is 1.34. The number of hydrogen-bond donors (Lipinski definition) is 4. The van der Waals surface area contributed by atoms with E-state index in [2.05, 4.69) is 16.0 Å². The third kappa shape index (κ3) is 6.14. The van der Waals surface area contributed by atoms with E-state index >= 15 is 0 Å². The number of fused-ring (bicyclic) bond motifs is 1. The number of halogens is 2. The van der Waals surface area contributed by atoms with Crippen LogP contribution in [0.1, 0.15) is 36.9 Å². The van der Waals surface area contributed by atoms with Crippen molar-refractivity contribution < 1.29 is 37.4 Å². The Labute approximate surface area is 229 Å². The molecule has 40 heavy (non-hydrogen) atoms. The number of benzene rings is 2. The summed E-state index contributed by atoms with van der Waals surface area (Å²) in [5, 5.41) is 7.22. The summed E-state index contributed by atoms with van der Waals surface area (Å²) < 4.78 is 39.2. The van der Waals surface area contributed by atoms with Gasteiger partial charge < -0.3 is 36.1 Å². The predicted octanol–water partition coefficient (Wildman–Crippen LogP) is 2.22. The van der Waals surface area contributed by atoms with Crippen molar-refractivity contribution in [3.63, 3.8) is 0 Å². The Morgan fingerprint density at radius 2 is 1.77 bits per heavy atom. The van der Waals surface area contributed by atoms with Gasteiger partial charge in [-0.3, -0.25) is 14.4 Å². The lowest BCUT2D eigenvalue weighted by atomic mass is 9.90. The maximum Gasteiger partial charge on any atom is 0.407 e. The van der Waals surface area contributed by atoms with E-state index in [4.69, 9.17) is 15.2 Å². The highest BCUT2D eigenvalue weighted by atomic mass is 19.1. The number of nitrogens with two attached hydrogens (primary N) is 1. The number of anilines is 2. The molecule has 0 bridgehead atoms. The highest BCUT2D eigenvalue weighted by Gasteiger charge is 2.44. The normalized spacial score (nSPS) is 18.3. The van der Waals surface area contributed by atoms with E-state index in [1.165, 1.54) is 24.9 Å². The van der Waals surface area contributed by atoms with E-state index in [1.54, 1.807) is 12.1 Å². The van der Waals surface area contributed by atoms with Crippen LogP contribution < -0.4 is 21.7 Å². The van der Waals surface area contributed by atoms with Crippen molar-refractivity contribution in [2.45, 2.75) is 44.5 Å². The van der Waals surface area contributed by atoms with Crippen molar-refractivity contribution in [1.29, 1.82) is 0 Å². The number of carbonyl (C=O) groups is 4. The second-order valence-corrected chi connectivity index (χ2v) is 9.65. The summed E-state index contributed by atoms with van der Waals surface area (Å²) in [5.41, 5.74) is 6.67. The Morgan fingerprint density at radius 3 is 2.42 bits per heavy atom. The Balaban J connectivity index is 1.66. The van der Waals surface area contributed by atoms with E-state index in [-0.39, 0.29) is 12.5 Å². The standard InChI is InChI=1S/C27H31F2N5O6/c1-14(40-27(38)31-2)24(35)32-21(15-8-10-39-11-9-15)26(37)34-13-16-6-7-17(30)12-18(16)23(34)25(36)33-22-19(28)4-3-5-20(22)29/h3-7,12,14-15,21,23H,8-11,13,30H2,1-2H3,(H,31,38)(H,32,35)(H,33,36)/t14-,21-,23-/m0/s1. The molecule has 2 aromatic rings. The van der Waals surface area contributed by atoms with Crippen molar-refractivity contribution in [3.8, 4) is 0 Å². The van der Waals surface area contributed by atoms with Crippen molar-refractivity contribution >= 4 is 35.2 Å². The van der Waals surface area contributed by atoms with Gasteiger partial charge in [-0.1, -0.05) is 12.1 Å². The molecule has 2 aliphatic heterocycles. The Hall–Kier alpha value is -4.26. The molecule has 0 unspecified atom stereocenters. The van der Waals surface area contributed by atoms with Crippen LogP contribution >= 0.6 is 0 Å². The maximum atomic E-state index is 14.4. The number of nitrogen functional groups attached to an aromatic ring is 1. The van der Waals surface area contributed by atoms with Gasteiger partial charge in [0.25, 0.3) is 11.8 Å². The van der Waals surface area contributed by atoms with Crippen LogP contribution in [-0.2, 0) is 30.4 Å². The first-order valence-electron chi connectivity index (χ1n) is 12.8. The Kier molecular flexibility index (Phi) is 8.83. The highest BCUT2D eigenvalue weighted by molar-refractivity contribution is 6.00. The van der Waals surface area contributed by atoms with E-state index < -0.39 is 59.3 Å². The molecule has 1 saturated heterocycles. The zero-order valence-corrected chi connectivity index (χ0v) is 22.0. The average Bonchev–Trinajstić information content (AvgIpc) is 3.32. The van der Waals surface area contributed by atoms with Gasteiger partial charge in [0, 0.05) is 32.5 Å². The largest absolute Gasteiger partial charge is 0.436 e. The third-order valence-corrected chi connectivity index (χ3v) is 7.02. The predicted molar refractivity (Wildman–Crippen MR) is 140 cm³/mol. The lowest BCUT2D eigenvalue weighted by molar-refractivity contribution is -0.145. The number of carbonyl (C=O) groups excluding carboxylic acids is 4. The van der Waals surface area contributed by atoms with Gasteiger partial charge in [-0.15, -0.1) is 0 Å². The second kappa shape index (κ2) is 12.3. The fourth-order valence-corrected chi connectivity index (χ4v) is 4.90. The maximum absolute atomic E-state index is 14.4. The molecule has 5 N–H and O–H groups in total. The van der Waals surface area contributed by atoms with Gasteiger partial charge in [0.1, 0.15) is 29.4 Å². The topological polar surface area (TPSA) is 152 Å². The van der Waals surface area contributed by atoms with Crippen LogP contribution in [0.5, 0.6) is 0 Å². The van der Waals surface area contributed by atoms with Crippen LogP contribution in [0.2, 0.25) is 0 Å². The molecule has 13 heteroatoms. The first-order chi connectivity index (χ1) is 19.1. The molecule has 4 amide bonds.